The van der Waals surface area contributed by atoms with Gasteiger partial charge in [0.2, 0.25) is 0 Å². The lowest BCUT2D eigenvalue weighted by molar-refractivity contribution is 0.411. The van der Waals surface area contributed by atoms with Crippen LogP contribution in [0.5, 0.6) is 0 Å². The van der Waals surface area contributed by atoms with E-state index in [1.54, 1.807) is 0 Å². The zero-order chi connectivity index (χ0) is 13.9. The molecule has 1 aliphatic carbocycles. The SMILES string of the molecule is CSC1(CNc2nc(C)c(C)nc2Cl)CCCCC1. The molecule has 0 aromatic carbocycles. The zero-order valence-electron chi connectivity index (χ0n) is 11.9. The van der Waals surface area contributed by atoms with Crippen LogP contribution in [0.25, 0.3) is 0 Å². The lowest BCUT2D eigenvalue weighted by Crippen LogP contribution is -2.35. The van der Waals surface area contributed by atoms with E-state index in [2.05, 4.69) is 21.5 Å². The maximum absolute atomic E-state index is 6.16. The summed E-state index contributed by atoms with van der Waals surface area (Å²) in [6, 6.07) is 0. The molecule has 1 aliphatic rings. The van der Waals surface area contributed by atoms with Crippen LogP contribution in [0.1, 0.15) is 43.5 Å². The molecule has 0 radical (unpaired) electrons. The standard InChI is InChI=1S/C14H22ClN3S/c1-10-11(2)18-13(12(15)17-10)16-9-14(19-3)7-5-4-6-8-14/h4-9H2,1-3H3,(H,16,18). The first-order chi connectivity index (χ1) is 9.06. The van der Waals surface area contributed by atoms with E-state index in [-0.39, 0.29) is 0 Å². The molecular formula is C14H22ClN3S. The van der Waals surface area contributed by atoms with Crippen molar-refractivity contribution in [3.63, 3.8) is 0 Å². The van der Waals surface area contributed by atoms with Crippen LogP contribution in [-0.2, 0) is 0 Å². The molecule has 0 saturated heterocycles. The summed E-state index contributed by atoms with van der Waals surface area (Å²) in [7, 11) is 0. The first-order valence-electron chi connectivity index (χ1n) is 6.86. The van der Waals surface area contributed by atoms with Gasteiger partial charge < -0.3 is 5.32 Å². The molecule has 0 atom stereocenters. The van der Waals surface area contributed by atoms with E-state index in [1.165, 1.54) is 32.1 Å². The molecule has 1 heterocycles. The van der Waals surface area contributed by atoms with Crippen LogP contribution in [-0.4, -0.2) is 27.5 Å². The third kappa shape index (κ3) is 3.54. The fourth-order valence-corrected chi connectivity index (χ4v) is 3.73. The molecule has 1 aromatic heterocycles. The van der Waals surface area contributed by atoms with Crippen molar-refractivity contribution in [3.05, 3.63) is 16.5 Å². The number of thioether (sulfide) groups is 1. The Morgan fingerprint density at radius 1 is 1.16 bits per heavy atom. The second kappa shape index (κ2) is 6.31. The van der Waals surface area contributed by atoms with Crippen molar-refractivity contribution < 1.29 is 0 Å². The van der Waals surface area contributed by atoms with Gasteiger partial charge in [-0.15, -0.1) is 0 Å². The quantitative estimate of drug-likeness (QED) is 0.903. The van der Waals surface area contributed by atoms with Crippen LogP contribution in [0, 0.1) is 13.8 Å². The lowest BCUT2D eigenvalue weighted by Gasteiger charge is -2.36. The molecular weight excluding hydrogens is 278 g/mol. The molecule has 1 aromatic rings. The Balaban J connectivity index is 2.07. The smallest absolute Gasteiger partial charge is 0.171 e. The van der Waals surface area contributed by atoms with E-state index in [1.807, 2.05) is 25.6 Å². The Hall–Kier alpha value is -0.480. The van der Waals surface area contributed by atoms with Crippen molar-refractivity contribution in [1.82, 2.24) is 9.97 Å². The number of nitrogens with one attached hydrogen (secondary N) is 1. The number of anilines is 1. The third-order valence-corrected chi connectivity index (χ3v) is 5.72. The van der Waals surface area contributed by atoms with Crippen LogP contribution in [0.4, 0.5) is 5.82 Å². The van der Waals surface area contributed by atoms with Crippen LogP contribution in [0.2, 0.25) is 5.15 Å². The van der Waals surface area contributed by atoms with Gasteiger partial charge in [-0.2, -0.15) is 11.8 Å². The number of nitrogens with zero attached hydrogens (tertiary/aromatic N) is 2. The van der Waals surface area contributed by atoms with Gasteiger partial charge in [-0.05, 0) is 32.9 Å². The topological polar surface area (TPSA) is 37.8 Å². The first-order valence-corrected chi connectivity index (χ1v) is 8.46. The van der Waals surface area contributed by atoms with Gasteiger partial charge in [-0.1, -0.05) is 30.9 Å². The molecule has 2 rings (SSSR count). The molecule has 0 unspecified atom stereocenters. The van der Waals surface area contributed by atoms with Gasteiger partial charge in [0, 0.05) is 11.3 Å². The second-order valence-electron chi connectivity index (χ2n) is 5.34. The number of rotatable bonds is 4. The minimum Gasteiger partial charge on any atom is -0.366 e. The van der Waals surface area contributed by atoms with Gasteiger partial charge in [0.15, 0.2) is 11.0 Å². The fourth-order valence-electron chi connectivity index (χ4n) is 2.58. The molecule has 106 valence electrons. The van der Waals surface area contributed by atoms with Crippen molar-refractivity contribution in [1.29, 1.82) is 0 Å². The molecule has 1 saturated carbocycles. The van der Waals surface area contributed by atoms with Crippen LogP contribution >= 0.6 is 23.4 Å². The largest absolute Gasteiger partial charge is 0.366 e. The molecule has 1 N–H and O–H groups in total. The van der Waals surface area contributed by atoms with Crippen molar-refractivity contribution in [2.24, 2.45) is 0 Å². The lowest BCUT2D eigenvalue weighted by atomic mass is 9.88. The van der Waals surface area contributed by atoms with Crippen molar-refractivity contribution in [2.75, 3.05) is 18.1 Å². The van der Waals surface area contributed by atoms with Gasteiger partial charge in [-0.3, -0.25) is 0 Å². The molecule has 0 spiro atoms. The minimum atomic E-state index is 0.335. The van der Waals surface area contributed by atoms with E-state index in [4.69, 9.17) is 11.6 Å². The minimum absolute atomic E-state index is 0.335. The normalized spacial score (nSPS) is 18.3. The number of aryl methyl sites for hydroxylation is 2. The monoisotopic (exact) mass is 299 g/mol. The Morgan fingerprint density at radius 2 is 1.79 bits per heavy atom. The summed E-state index contributed by atoms with van der Waals surface area (Å²) in [4.78, 5) is 8.83. The number of hydrogen-bond acceptors (Lipinski definition) is 4. The Morgan fingerprint density at radius 3 is 2.42 bits per heavy atom. The number of hydrogen-bond donors (Lipinski definition) is 1. The number of halogens is 1. The molecule has 19 heavy (non-hydrogen) atoms. The highest BCUT2D eigenvalue weighted by molar-refractivity contribution is 8.00. The van der Waals surface area contributed by atoms with Crippen molar-refractivity contribution in [2.45, 2.75) is 50.7 Å². The van der Waals surface area contributed by atoms with Crippen molar-refractivity contribution >= 4 is 29.2 Å². The molecule has 0 aliphatic heterocycles. The summed E-state index contributed by atoms with van der Waals surface area (Å²) in [6.07, 6.45) is 8.78. The average Bonchev–Trinajstić information content (AvgIpc) is 2.42. The summed E-state index contributed by atoms with van der Waals surface area (Å²) >= 11 is 8.14. The molecule has 0 bridgehead atoms. The first kappa shape index (κ1) is 14.9. The van der Waals surface area contributed by atoms with Gasteiger partial charge in [-0.25, -0.2) is 9.97 Å². The Kier molecular flexibility index (Phi) is 4.96. The van der Waals surface area contributed by atoms with Gasteiger partial charge in [0.25, 0.3) is 0 Å². The molecule has 3 nitrogen and oxygen atoms in total. The van der Waals surface area contributed by atoms with Gasteiger partial charge in [0.1, 0.15) is 0 Å². The zero-order valence-corrected chi connectivity index (χ0v) is 13.5. The summed E-state index contributed by atoms with van der Waals surface area (Å²) < 4.78 is 0.335. The van der Waals surface area contributed by atoms with Crippen molar-refractivity contribution in [3.8, 4) is 0 Å². The average molecular weight is 300 g/mol. The van der Waals surface area contributed by atoms with Crippen LogP contribution < -0.4 is 5.32 Å². The molecule has 1 fully saturated rings. The summed E-state index contributed by atoms with van der Waals surface area (Å²) in [5.74, 6) is 0.726. The van der Waals surface area contributed by atoms with E-state index >= 15 is 0 Å². The Bertz CT molecular complexity index is 445. The maximum Gasteiger partial charge on any atom is 0.171 e. The summed E-state index contributed by atoms with van der Waals surface area (Å²) in [5, 5.41) is 3.90. The van der Waals surface area contributed by atoms with Crippen LogP contribution in [0.3, 0.4) is 0 Å². The van der Waals surface area contributed by atoms with E-state index in [0.29, 0.717) is 9.90 Å². The van der Waals surface area contributed by atoms with Gasteiger partial charge >= 0.3 is 0 Å². The van der Waals surface area contributed by atoms with E-state index in [0.717, 1.165) is 23.8 Å². The molecule has 5 heteroatoms. The predicted molar refractivity (Wildman–Crippen MR) is 84.3 cm³/mol. The maximum atomic E-state index is 6.16. The van der Waals surface area contributed by atoms with Gasteiger partial charge in [0.05, 0.1) is 11.4 Å². The summed E-state index contributed by atoms with van der Waals surface area (Å²) in [6.45, 7) is 4.82. The van der Waals surface area contributed by atoms with Crippen LogP contribution in [0.15, 0.2) is 0 Å². The highest BCUT2D eigenvalue weighted by atomic mass is 35.5. The second-order valence-corrected chi connectivity index (χ2v) is 6.97. The predicted octanol–water partition coefficient (Wildman–Crippen LogP) is 4.22. The van der Waals surface area contributed by atoms with E-state index < -0.39 is 0 Å². The van der Waals surface area contributed by atoms with E-state index in [9.17, 15) is 0 Å². The third-order valence-electron chi connectivity index (χ3n) is 4.04. The molecule has 0 amide bonds. The Labute approximate surface area is 124 Å². The highest BCUT2D eigenvalue weighted by Gasteiger charge is 2.31. The highest BCUT2D eigenvalue weighted by Crippen LogP contribution is 2.38. The number of aromatic nitrogens is 2. The summed E-state index contributed by atoms with van der Waals surface area (Å²) in [5.41, 5.74) is 1.83. The fraction of sp³-hybridized carbons (Fsp3) is 0.714.